The fourth-order valence-corrected chi connectivity index (χ4v) is 3.91. The van der Waals surface area contributed by atoms with Crippen LogP contribution in [0.1, 0.15) is 30.3 Å². The van der Waals surface area contributed by atoms with Crippen LogP contribution in [0, 0.1) is 5.92 Å². The van der Waals surface area contributed by atoms with Crippen molar-refractivity contribution in [1.29, 1.82) is 0 Å². The number of halogens is 1. The van der Waals surface area contributed by atoms with Crippen LogP contribution in [0.5, 0.6) is 0 Å². The molecule has 2 heterocycles. The van der Waals surface area contributed by atoms with Gasteiger partial charge in [-0.3, -0.25) is 9.59 Å². The van der Waals surface area contributed by atoms with Crippen molar-refractivity contribution in [2.45, 2.75) is 25.8 Å². The topological polar surface area (TPSA) is 89.4 Å². The Morgan fingerprint density at radius 1 is 1.41 bits per heavy atom. The lowest BCUT2D eigenvalue weighted by Crippen LogP contribution is -2.37. The van der Waals surface area contributed by atoms with E-state index in [2.05, 4.69) is 26.6 Å². The SMILES string of the molecule is CCOC(=O)/C=C/C(CC1CCNC1=O)NC(=O)c1cc2cc(Br)ccc2n1C. The van der Waals surface area contributed by atoms with Gasteiger partial charge in [-0.25, -0.2) is 4.79 Å². The third-order valence-corrected chi connectivity index (χ3v) is 5.50. The third kappa shape index (κ3) is 5.06. The zero-order chi connectivity index (χ0) is 21.0. The number of benzene rings is 1. The number of carbonyl (C=O) groups is 3. The van der Waals surface area contributed by atoms with E-state index in [0.29, 0.717) is 25.1 Å². The van der Waals surface area contributed by atoms with Crippen molar-refractivity contribution >= 4 is 44.6 Å². The van der Waals surface area contributed by atoms with Crippen molar-refractivity contribution in [3.63, 3.8) is 0 Å². The number of hydrogen-bond donors (Lipinski definition) is 2. The van der Waals surface area contributed by atoms with E-state index in [9.17, 15) is 14.4 Å². The monoisotopic (exact) mass is 461 g/mol. The molecule has 2 N–H and O–H groups in total. The van der Waals surface area contributed by atoms with E-state index >= 15 is 0 Å². The Bertz CT molecular complexity index is 966. The van der Waals surface area contributed by atoms with Gasteiger partial charge >= 0.3 is 5.97 Å². The molecule has 8 heteroatoms. The maximum Gasteiger partial charge on any atom is 0.330 e. The number of ether oxygens (including phenoxy) is 1. The quantitative estimate of drug-likeness (QED) is 0.489. The number of hydrogen-bond acceptors (Lipinski definition) is 4. The third-order valence-electron chi connectivity index (χ3n) is 5.01. The van der Waals surface area contributed by atoms with Gasteiger partial charge in [0.1, 0.15) is 5.69 Å². The van der Waals surface area contributed by atoms with Gasteiger partial charge in [0, 0.05) is 47.0 Å². The molecule has 2 amide bonds. The van der Waals surface area contributed by atoms with E-state index in [1.54, 1.807) is 13.0 Å². The Morgan fingerprint density at radius 2 is 2.21 bits per heavy atom. The number of nitrogens with one attached hydrogen (secondary N) is 2. The first kappa shape index (κ1) is 21.1. The Labute approximate surface area is 177 Å². The average Bonchev–Trinajstić information content (AvgIpc) is 3.22. The summed E-state index contributed by atoms with van der Waals surface area (Å²) in [7, 11) is 1.83. The number of nitrogens with zero attached hydrogens (tertiary/aromatic N) is 1. The molecule has 2 unspecified atom stereocenters. The molecule has 3 rings (SSSR count). The summed E-state index contributed by atoms with van der Waals surface area (Å²) in [6, 6.07) is 7.17. The summed E-state index contributed by atoms with van der Waals surface area (Å²) in [4.78, 5) is 36.6. The second kappa shape index (κ2) is 9.26. The molecule has 154 valence electrons. The highest BCUT2D eigenvalue weighted by molar-refractivity contribution is 9.10. The highest BCUT2D eigenvalue weighted by Crippen LogP contribution is 2.23. The number of esters is 1. The summed E-state index contributed by atoms with van der Waals surface area (Å²) in [5.74, 6) is -0.965. The molecular formula is C21H24BrN3O4. The highest BCUT2D eigenvalue weighted by Gasteiger charge is 2.27. The molecule has 2 aromatic rings. The number of carbonyl (C=O) groups excluding carboxylic acids is 3. The summed E-state index contributed by atoms with van der Waals surface area (Å²) in [5.41, 5.74) is 1.44. The van der Waals surface area contributed by atoms with E-state index in [0.717, 1.165) is 15.4 Å². The zero-order valence-electron chi connectivity index (χ0n) is 16.4. The van der Waals surface area contributed by atoms with Crippen LogP contribution < -0.4 is 10.6 Å². The van der Waals surface area contributed by atoms with Crippen molar-refractivity contribution in [2.75, 3.05) is 13.2 Å². The first-order valence-corrected chi connectivity index (χ1v) is 10.4. The summed E-state index contributed by atoms with van der Waals surface area (Å²) >= 11 is 3.44. The molecule has 0 aliphatic carbocycles. The Kier molecular flexibility index (Phi) is 6.74. The molecular weight excluding hydrogens is 438 g/mol. The van der Waals surface area contributed by atoms with E-state index < -0.39 is 12.0 Å². The summed E-state index contributed by atoms with van der Waals surface area (Å²) < 4.78 is 7.68. The number of fused-ring (bicyclic) bond motifs is 1. The van der Waals surface area contributed by atoms with Crippen LogP contribution in [0.25, 0.3) is 10.9 Å². The van der Waals surface area contributed by atoms with Gasteiger partial charge in [-0.1, -0.05) is 22.0 Å². The van der Waals surface area contributed by atoms with Gasteiger partial charge in [0.05, 0.1) is 6.61 Å². The zero-order valence-corrected chi connectivity index (χ0v) is 18.0. The molecule has 1 aromatic heterocycles. The normalized spacial score (nSPS) is 17.5. The minimum absolute atomic E-state index is 0.0248. The molecule has 0 saturated carbocycles. The average molecular weight is 462 g/mol. The first-order valence-electron chi connectivity index (χ1n) is 9.57. The van der Waals surface area contributed by atoms with Crippen LogP contribution in [0.2, 0.25) is 0 Å². The number of aromatic nitrogens is 1. The van der Waals surface area contributed by atoms with Gasteiger partial charge in [0.15, 0.2) is 0 Å². The van der Waals surface area contributed by atoms with Crippen LogP contribution >= 0.6 is 15.9 Å². The maximum atomic E-state index is 13.0. The summed E-state index contributed by atoms with van der Waals surface area (Å²) in [6.07, 6.45) is 4.03. The standard InChI is InChI=1S/C21H24BrN3O4/c1-3-29-19(26)7-5-16(11-13-8-9-23-20(13)27)24-21(28)18-12-14-10-15(22)4-6-17(14)25(18)2/h4-7,10,12-13,16H,3,8-9,11H2,1-2H3,(H,23,27)(H,24,28)/b7-5+. The molecule has 2 atom stereocenters. The first-order chi connectivity index (χ1) is 13.9. The van der Waals surface area contributed by atoms with Gasteiger partial charge < -0.3 is 19.9 Å². The van der Waals surface area contributed by atoms with Gasteiger partial charge in [0.25, 0.3) is 5.91 Å². The fraction of sp³-hybridized carbons (Fsp3) is 0.381. The maximum absolute atomic E-state index is 13.0. The fourth-order valence-electron chi connectivity index (χ4n) is 3.53. The number of aryl methyl sites for hydroxylation is 1. The van der Waals surface area contributed by atoms with E-state index in [1.165, 1.54) is 6.08 Å². The van der Waals surface area contributed by atoms with Gasteiger partial charge in [-0.15, -0.1) is 0 Å². The Morgan fingerprint density at radius 3 is 2.90 bits per heavy atom. The lowest BCUT2D eigenvalue weighted by Gasteiger charge is -2.18. The van der Waals surface area contributed by atoms with E-state index in [-0.39, 0.29) is 24.3 Å². The minimum Gasteiger partial charge on any atom is -0.463 e. The van der Waals surface area contributed by atoms with E-state index in [1.807, 2.05) is 35.9 Å². The van der Waals surface area contributed by atoms with Crippen molar-refractivity contribution in [3.8, 4) is 0 Å². The second-order valence-electron chi connectivity index (χ2n) is 7.00. The molecule has 7 nitrogen and oxygen atoms in total. The lowest BCUT2D eigenvalue weighted by molar-refractivity contribution is -0.137. The predicted octanol–water partition coefficient (Wildman–Crippen LogP) is 2.68. The summed E-state index contributed by atoms with van der Waals surface area (Å²) in [5, 5.41) is 6.70. The largest absolute Gasteiger partial charge is 0.463 e. The molecule has 1 aromatic carbocycles. The van der Waals surface area contributed by atoms with Crippen LogP contribution in [0.3, 0.4) is 0 Å². The summed E-state index contributed by atoms with van der Waals surface area (Å²) in [6.45, 7) is 2.63. The van der Waals surface area contributed by atoms with Crippen LogP contribution in [-0.4, -0.2) is 41.5 Å². The Hall–Kier alpha value is -2.61. The highest BCUT2D eigenvalue weighted by atomic mass is 79.9. The van der Waals surface area contributed by atoms with Crippen molar-refractivity contribution in [3.05, 3.63) is 46.6 Å². The number of amides is 2. The van der Waals surface area contributed by atoms with Crippen LogP contribution in [-0.2, 0) is 21.4 Å². The molecule has 1 fully saturated rings. The molecule has 1 saturated heterocycles. The number of rotatable bonds is 7. The molecule has 0 radical (unpaired) electrons. The Balaban J connectivity index is 1.80. The molecule has 0 bridgehead atoms. The molecule has 1 aliphatic heterocycles. The van der Waals surface area contributed by atoms with Crippen molar-refractivity contribution in [2.24, 2.45) is 13.0 Å². The molecule has 29 heavy (non-hydrogen) atoms. The molecule has 1 aliphatic rings. The smallest absolute Gasteiger partial charge is 0.330 e. The minimum atomic E-state index is -0.475. The lowest BCUT2D eigenvalue weighted by atomic mass is 9.98. The van der Waals surface area contributed by atoms with Crippen LogP contribution in [0.4, 0.5) is 0 Å². The van der Waals surface area contributed by atoms with E-state index in [4.69, 9.17) is 4.74 Å². The van der Waals surface area contributed by atoms with Crippen molar-refractivity contribution < 1.29 is 19.1 Å². The van der Waals surface area contributed by atoms with Crippen LogP contribution in [0.15, 0.2) is 40.9 Å². The van der Waals surface area contributed by atoms with Crippen molar-refractivity contribution in [1.82, 2.24) is 15.2 Å². The van der Waals surface area contributed by atoms with Gasteiger partial charge in [-0.2, -0.15) is 0 Å². The van der Waals surface area contributed by atoms with Gasteiger partial charge in [0.2, 0.25) is 5.91 Å². The molecule has 0 spiro atoms. The predicted molar refractivity (Wildman–Crippen MR) is 113 cm³/mol. The van der Waals surface area contributed by atoms with Gasteiger partial charge in [-0.05, 0) is 44.0 Å². The second-order valence-corrected chi connectivity index (χ2v) is 7.91.